The Kier molecular flexibility index (Phi) is 4.29. The van der Waals surface area contributed by atoms with Gasteiger partial charge in [0.05, 0.1) is 13.5 Å². The monoisotopic (exact) mass is 324 g/mol. The summed E-state index contributed by atoms with van der Waals surface area (Å²) < 4.78 is 5.05. The van der Waals surface area contributed by atoms with Gasteiger partial charge in [-0.1, -0.05) is 18.2 Å². The molecule has 0 saturated heterocycles. The van der Waals surface area contributed by atoms with Crippen molar-refractivity contribution in [3.05, 3.63) is 59.7 Å². The fourth-order valence-corrected chi connectivity index (χ4v) is 2.58. The van der Waals surface area contributed by atoms with Crippen LogP contribution in [0.2, 0.25) is 0 Å². The first-order valence-electron chi connectivity index (χ1n) is 7.45. The van der Waals surface area contributed by atoms with Gasteiger partial charge in [-0.05, 0) is 35.9 Å². The van der Waals surface area contributed by atoms with Crippen molar-refractivity contribution in [2.75, 3.05) is 19.0 Å². The number of hydrogen-bond donors (Lipinski definition) is 1. The van der Waals surface area contributed by atoms with Crippen molar-refractivity contribution in [3.63, 3.8) is 0 Å². The molecule has 0 aliphatic carbocycles. The van der Waals surface area contributed by atoms with Crippen LogP contribution in [0.3, 0.4) is 0 Å². The number of methoxy groups -OCH3 is 1. The summed E-state index contributed by atoms with van der Waals surface area (Å²) in [6, 6.07) is 13.7. The van der Waals surface area contributed by atoms with Crippen molar-refractivity contribution < 1.29 is 19.1 Å². The lowest BCUT2D eigenvalue weighted by Crippen LogP contribution is -2.46. The van der Waals surface area contributed by atoms with Crippen LogP contribution in [0, 0.1) is 0 Å². The molecule has 0 aromatic heterocycles. The lowest BCUT2D eigenvalue weighted by Gasteiger charge is -2.26. The molecule has 2 aromatic carbocycles. The summed E-state index contributed by atoms with van der Waals surface area (Å²) in [6.45, 7) is -0.308. The summed E-state index contributed by atoms with van der Waals surface area (Å²) in [5, 5.41) is 2.66. The molecule has 0 unspecified atom stereocenters. The smallest absolute Gasteiger partial charge is 0.261 e. The van der Waals surface area contributed by atoms with Gasteiger partial charge in [-0.25, -0.2) is 0 Å². The minimum Gasteiger partial charge on any atom is -0.497 e. The maximum atomic E-state index is 12.4. The topological polar surface area (TPSA) is 75.7 Å². The van der Waals surface area contributed by atoms with E-state index in [0.717, 1.165) is 4.90 Å². The van der Waals surface area contributed by atoms with Crippen molar-refractivity contribution >= 4 is 23.4 Å². The first-order chi connectivity index (χ1) is 11.6. The Morgan fingerprint density at radius 3 is 2.54 bits per heavy atom. The van der Waals surface area contributed by atoms with Crippen LogP contribution in [-0.4, -0.2) is 36.3 Å². The first kappa shape index (κ1) is 15.7. The number of carbonyl (C=O) groups is 3. The highest BCUT2D eigenvalue weighted by Crippen LogP contribution is 2.20. The number of anilines is 1. The van der Waals surface area contributed by atoms with E-state index in [2.05, 4.69) is 5.32 Å². The summed E-state index contributed by atoms with van der Waals surface area (Å²) in [5.74, 6) is -0.567. The van der Waals surface area contributed by atoms with Gasteiger partial charge in [-0.3, -0.25) is 19.3 Å². The third-order valence-corrected chi connectivity index (χ3v) is 3.81. The fourth-order valence-electron chi connectivity index (χ4n) is 2.58. The van der Waals surface area contributed by atoms with Gasteiger partial charge in [0.2, 0.25) is 11.8 Å². The second-order valence-electron chi connectivity index (χ2n) is 5.40. The standard InChI is InChI=1S/C18H16N2O4/c1-24-14-8-6-13(7-9-14)19-16(21)11-20-17(22)10-12-4-2-3-5-15(12)18(20)23/h2-9H,10-11H2,1H3,(H,19,21). The number of benzene rings is 2. The second kappa shape index (κ2) is 6.54. The molecule has 1 heterocycles. The van der Waals surface area contributed by atoms with E-state index < -0.39 is 11.8 Å². The van der Waals surface area contributed by atoms with E-state index in [0.29, 0.717) is 22.6 Å². The van der Waals surface area contributed by atoms with Gasteiger partial charge in [0, 0.05) is 11.3 Å². The zero-order valence-electron chi connectivity index (χ0n) is 13.1. The predicted octanol–water partition coefficient (Wildman–Crippen LogP) is 1.86. The third kappa shape index (κ3) is 3.12. The Labute approximate surface area is 139 Å². The quantitative estimate of drug-likeness (QED) is 0.871. The van der Waals surface area contributed by atoms with Gasteiger partial charge in [0.15, 0.2) is 0 Å². The van der Waals surface area contributed by atoms with E-state index in [1.54, 1.807) is 55.6 Å². The van der Waals surface area contributed by atoms with Crippen LogP contribution in [0.15, 0.2) is 48.5 Å². The van der Waals surface area contributed by atoms with Gasteiger partial charge in [0.1, 0.15) is 12.3 Å². The van der Waals surface area contributed by atoms with E-state index >= 15 is 0 Å². The van der Waals surface area contributed by atoms with Gasteiger partial charge in [-0.15, -0.1) is 0 Å². The molecule has 0 fully saturated rings. The van der Waals surface area contributed by atoms with E-state index in [1.807, 2.05) is 0 Å². The Bertz CT molecular complexity index is 799. The third-order valence-electron chi connectivity index (χ3n) is 3.81. The first-order valence-corrected chi connectivity index (χ1v) is 7.45. The molecule has 1 N–H and O–H groups in total. The van der Waals surface area contributed by atoms with Gasteiger partial charge in [0.25, 0.3) is 5.91 Å². The molecule has 3 rings (SSSR count). The highest BCUT2D eigenvalue weighted by molar-refractivity contribution is 6.12. The molecule has 2 aromatic rings. The lowest BCUT2D eigenvalue weighted by atomic mass is 9.98. The molecule has 6 heteroatoms. The van der Waals surface area contributed by atoms with Crippen LogP contribution < -0.4 is 10.1 Å². The van der Waals surface area contributed by atoms with Crippen LogP contribution in [0.25, 0.3) is 0 Å². The normalized spacial score (nSPS) is 13.5. The number of imide groups is 1. The van der Waals surface area contributed by atoms with Crippen LogP contribution in [0.1, 0.15) is 15.9 Å². The van der Waals surface area contributed by atoms with Crippen molar-refractivity contribution in [2.45, 2.75) is 6.42 Å². The van der Waals surface area contributed by atoms with Gasteiger partial charge < -0.3 is 10.1 Å². The lowest BCUT2D eigenvalue weighted by molar-refractivity contribution is -0.131. The molecule has 0 spiro atoms. The van der Waals surface area contributed by atoms with Crippen molar-refractivity contribution in [1.82, 2.24) is 4.90 Å². The molecular weight excluding hydrogens is 308 g/mol. The minimum atomic E-state index is -0.438. The molecule has 6 nitrogen and oxygen atoms in total. The molecule has 0 saturated carbocycles. The van der Waals surface area contributed by atoms with Gasteiger partial charge in [-0.2, -0.15) is 0 Å². The molecule has 0 atom stereocenters. The maximum absolute atomic E-state index is 12.4. The number of ether oxygens (including phenoxy) is 1. The van der Waals surface area contributed by atoms with E-state index in [-0.39, 0.29) is 18.9 Å². The fraction of sp³-hybridized carbons (Fsp3) is 0.167. The summed E-state index contributed by atoms with van der Waals surface area (Å²) in [6.07, 6.45) is 0.123. The van der Waals surface area contributed by atoms with Crippen molar-refractivity contribution in [1.29, 1.82) is 0 Å². The average molecular weight is 324 g/mol. The van der Waals surface area contributed by atoms with E-state index in [1.165, 1.54) is 0 Å². The Balaban J connectivity index is 1.69. The molecule has 122 valence electrons. The summed E-state index contributed by atoms with van der Waals surface area (Å²) in [5.41, 5.74) is 1.73. The number of rotatable bonds is 4. The number of carbonyl (C=O) groups excluding carboxylic acids is 3. The SMILES string of the molecule is COc1ccc(NC(=O)CN2C(=O)Cc3ccccc3C2=O)cc1. The molecule has 1 aliphatic heterocycles. The van der Waals surface area contributed by atoms with Crippen LogP contribution in [0.5, 0.6) is 5.75 Å². The van der Waals surface area contributed by atoms with Crippen LogP contribution in [0.4, 0.5) is 5.69 Å². The Morgan fingerprint density at radius 1 is 1.12 bits per heavy atom. The molecule has 3 amide bonds. The van der Waals surface area contributed by atoms with Crippen LogP contribution >= 0.6 is 0 Å². The highest BCUT2D eigenvalue weighted by atomic mass is 16.5. The van der Waals surface area contributed by atoms with E-state index in [9.17, 15) is 14.4 Å². The number of nitrogens with one attached hydrogen (secondary N) is 1. The predicted molar refractivity (Wildman–Crippen MR) is 87.8 cm³/mol. The van der Waals surface area contributed by atoms with Crippen molar-refractivity contribution in [2.24, 2.45) is 0 Å². The molecular formula is C18H16N2O4. The summed E-state index contributed by atoms with van der Waals surface area (Å²) in [4.78, 5) is 37.7. The highest BCUT2D eigenvalue weighted by Gasteiger charge is 2.31. The molecule has 1 aliphatic rings. The molecule has 0 bridgehead atoms. The number of amides is 3. The summed E-state index contributed by atoms with van der Waals surface area (Å²) in [7, 11) is 1.55. The summed E-state index contributed by atoms with van der Waals surface area (Å²) >= 11 is 0. The Hall–Kier alpha value is -3.15. The number of hydrogen-bond acceptors (Lipinski definition) is 4. The average Bonchev–Trinajstić information content (AvgIpc) is 2.59. The second-order valence-corrected chi connectivity index (χ2v) is 5.40. The largest absolute Gasteiger partial charge is 0.497 e. The van der Waals surface area contributed by atoms with E-state index in [4.69, 9.17) is 4.74 Å². The van der Waals surface area contributed by atoms with Crippen LogP contribution in [-0.2, 0) is 16.0 Å². The minimum absolute atomic E-state index is 0.123. The number of nitrogens with zero attached hydrogens (tertiary/aromatic N) is 1. The number of fused-ring (bicyclic) bond motifs is 1. The zero-order chi connectivity index (χ0) is 17.1. The zero-order valence-corrected chi connectivity index (χ0v) is 13.1. The van der Waals surface area contributed by atoms with Gasteiger partial charge >= 0.3 is 0 Å². The maximum Gasteiger partial charge on any atom is 0.261 e. The van der Waals surface area contributed by atoms with Crippen molar-refractivity contribution in [3.8, 4) is 5.75 Å². The Morgan fingerprint density at radius 2 is 1.83 bits per heavy atom. The molecule has 24 heavy (non-hydrogen) atoms. The molecule has 0 radical (unpaired) electrons.